The Bertz CT molecular complexity index is 871. The molecule has 1 aliphatic heterocycles. The van der Waals surface area contributed by atoms with Gasteiger partial charge in [0.25, 0.3) is 0 Å². The molecule has 0 spiro atoms. The van der Waals surface area contributed by atoms with E-state index in [1.165, 1.54) is 25.2 Å². The van der Waals surface area contributed by atoms with Crippen LogP contribution in [0.15, 0.2) is 61.3 Å². The first-order valence-electron chi connectivity index (χ1n) is 13.5. The van der Waals surface area contributed by atoms with Gasteiger partial charge in [-0.1, -0.05) is 62.8 Å². The molecule has 0 unspecified atom stereocenters. The van der Waals surface area contributed by atoms with Gasteiger partial charge in [0.1, 0.15) is 11.7 Å². The molecule has 1 saturated heterocycles. The van der Waals surface area contributed by atoms with E-state index in [4.69, 9.17) is 9.47 Å². The third-order valence-electron chi connectivity index (χ3n) is 7.69. The Labute approximate surface area is 229 Å². The molecular weight excluding hydrogens is 484 g/mol. The number of hydrogen-bond acceptors (Lipinski definition) is 7. The first-order chi connectivity index (χ1) is 17.6. The van der Waals surface area contributed by atoms with Gasteiger partial charge in [0.15, 0.2) is 0 Å². The molecule has 0 aliphatic carbocycles. The molecule has 0 aromatic heterocycles. The summed E-state index contributed by atoms with van der Waals surface area (Å²) in [7, 11) is 0. The molecule has 216 valence electrons. The van der Waals surface area contributed by atoms with Gasteiger partial charge in [0, 0.05) is 18.4 Å². The molecule has 0 radical (unpaired) electrons. The maximum absolute atomic E-state index is 12.7. The Morgan fingerprint density at radius 2 is 1.87 bits per heavy atom. The smallest absolute Gasteiger partial charge is 0.330 e. The number of allylic oxidation sites excluding steroid dienone is 1. The van der Waals surface area contributed by atoms with Crippen molar-refractivity contribution in [1.82, 2.24) is 0 Å². The summed E-state index contributed by atoms with van der Waals surface area (Å²) >= 11 is 0. The number of hydrogen-bond donors (Lipinski definition) is 4. The number of carbonyl (C=O) groups excluding carboxylic acids is 1. The van der Waals surface area contributed by atoms with E-state index >= 15 is 0 Å². The topological polar surface area (TPSA) is 116 Å². The van der Waals surface area contributed by atoms with Crippen LogP contribution in [0.25, 0.3) is 0 Å². The van der Waals surface area contributed by atoms with E-state index < -0.39 is 35.7 Å². The number of carbonyl (C=O) groups is 1. The summed E-state index contributed by atoms with van der Waals surface area (Å²) in [6.07, 6.45) is 7.77. The molecule has 0 saturated carbocycles. The molecule has 7 heteroatoms. The zero-order chi connectivity index (χ0) is 29.3. The first-order valence-corrected chi connectivity index (χ1v) is 13.5. The molecule has 1 heterocycles. The van der Waals surface area contributed by atoms with Gasteiger partial charge in [0.05, 0.1) is 18.3 Å². The fourth-order valence-corrected chi connectivity index (χ4v) is 4.44. The lowest BCUT2D eigenvalue weighted by Gasteiger charge is -2.45. The zero-order valence-electron chi connectivity index (χ0n) is 24.1. The summed E-state index contributed by atoms with van der Waals surface area (Å²) in [6, 6.07) is 0. The molecule has 38 heavy (non-hydrogen) atoms. The van der Waals surface area contributed by atoms with Crippen molar-refractivity contribution in [3.63, 3.8) is 0 Å². The highest BCUT2D eigenvalue weighted by Crippen LogP contribution is 2.39. The Hall–Kier alpha value is -2.03. The van der Waals surface area contributed by atoms with Crippen molar-refractivity contribution in [3.8, 4) is 0 Å². The van der Waals surface area contributed by atoms with Crippen LogP contribution >= 0.6 is 0 Å². The fraction of sp³-hybridized carbons (Fsp3) is 0.645. The van der Waals surface area contributed by atoms with Crippen LogP contribution < -0.4 is 0 Å². The second kappa shape index (κ2) is 14.9. The third kappa shape index (κ3) is 9.93. The lowest BCUT2D eigenvalue weighted by atomic mass is 9.83. The first kappa shape index (κ1) is 34.0. The van der Waals surface area contributed by atoms with E-state index in [2.05, 4.69) is 19.7 Å². The van der Waals surface area contributed by atoms with Gasteiger partial charge in [-0.25, -0.2) is 4.79 Å². The quantitative estimate of drug-likeness (QED) is 0.136. The van der Waals surface area contributed by atoms with E-state index in [1.54, 1.807) is 32.9 Å². The van der Waals surface area contributed by atoms with Gasteiger partial charge >= 0.3 is 5.97 Å². The summed E-state index contributed by atoms with van der Waals surface area (Å²) in [6.45, 7) is 21.9. The minimum Gasteiger partial charge on any atom is -0.459 e. The summed E-state index contributed by atoms with van der Waals surface area (Å²) in [5.41, 5.74) is -0.216. The molecule has 1 rings (SSSR count). The predicted molar refractivity (Wildman–Crippen MR) is 151 cm³/mol. The van der Waals surface area contributed by atoms with Crippen LogP contribution in [0, 0.1) is 17.8 Å². The van der Waals surface area contributed by atoms with E-state index in [0.29, 0.717) is 31.3 Å². The molecule has 4 N–H and O–H groups in total. The number of aliphatic hydroxyl groups excluding tert-OH is 2. The van der Waals surface area contributed by atoms with Crippen molar-refractivity contribution in [3.05, 3.63) is 61.3 Å². The average Bonchev–Trinajstić information content (AvgIpc) is 2.81. The molecule has 0 aromatic carbocycles. The Morgan fingerprint density at radius 1 is 1.24 bits per heavy atom. The fourth-order valence-electron chi connectivity index (χ4n) is 4.44. The average molecular weight is 535 g/mol. The molecule has 7 nitrogen and oxygen atoms in total. The van der Waals surface area contributed by atoms with Crippen LogP contribution in [0.1, 0.15) is 73.6 Å². The highest BCUT2D eigenvalue weighted by atomic mass is 16.6. The molecule has 0 bridgehead atoms. The van der Waals surface area contributed by atoms with Gasteiger partial charge in [0.2, 0.25) is 5.79 Å². The molecule has 1 aliphatic rings. The van der Waals surface area contributed by atoms with Crippen LogP contribution in [0.2, 0.25) is 0 Å². The van der Waals surface area contributed by atoms with E-state index in [0.717, 1.165) is 5.57 Å². The third-order valence-corrected chi connectivity index (χ3v) is 7.69. The van der Waals surface area contributed by atoms with E-state index in [-0.39, 0.29) is 30.3 Å². The van der Waals surface area contributed by atoms with Gasteiger partial charge in [-0.3, -0.25) is 0 Å². The highest BCUT2D eigenvalue weighted by molar-refractivity contribution is 5.83. The maximum atomic E-state index is 12.7. The van der Waals surface area contributed by atoms with Gasteiger partial charge in [-0.2, -0.15) is 0 Å². The minimum atomic E-state index is -1.82. The van der Waals surface area contributed by atoms with Crippen molar-refractivity contribution in [1.29, 1.82) is 0 Å². The van der Waals surface area contributed by atoms with Gasteiger partial charge in [-0.05, 0) is 58.3 Å². The number of rotatable bonds is 15. The lowest BCUT2D eigenvalue weighted by molar-refractivity contribution is -0.305. The maximum Gasteiger partial charge on any atom is 0.330 e. The monoisotopic (exact) mass is 534 g/mol. The van der Waals surface area contributed by atoms with E-state index in [9.17, 15) is 25.2 Å². The van der Waals surface area contributed by atoms with Crippen LogP contribution in [-0.2, 0) is 14.3 Å². The van der Waals surface area contributed by atoms with Crippen molar-refractivity contribution in [2.24, 2.45) is 17.8 Å². The Balaban J connectivity index is 3.01. The Morgan fingerprint density at radius 3 is 2.42 bits per heavy atom. The zero-order valence-corrected chi connectivity index (χ0v) is 24.1. The SMILES string of the molecule is C=CC[C@H]1CC(=C)C[C@@](O)([C@](C)(O)/C=C/C[C@H](C)[C@@H](C[C@H](C)[C@H](C)O)OC(=O)/C=C(\C)[C@@H](C)[C@@H](O)C=C)O1. The van der Waals surface area contributed by atoms with Crippen molar-refractivity contribution >= 4 is 5.97 Å². The lowest BCUT2D eigenvalue weighted by Crippen LogP contribution is -2.56. The number of aliphatic hydroxyl groups is 4. The number of ether oxygens (including phenoxy) is 2. The standard InChI is InChI=1S/C31H50O7/c1-10-13-26-16-20(3)19-31(36,38-26)30(9,35)15-12-14-21(4)28(17-23(6)25(8)32)37-29(34)18-22(5)24(7)27(33)11-2/h10-12,15,18,21,23-28,32-33,35-36H,1-3,13-14,16-17,19H2,4-9H3/b15-12+,22-18+/t21-,23-,24+,25-,26-,27-,28+,30+,31-/m0/s1. The van der Waals surface area contributed by atoms with Crippen molar-refractivity contribution in [2.75, 3.05) is 0 Å². The normalized spacial score (nSPS) is 27.1. The van der Waals surface area contributed by atoms with Gasteiger partial charge in [-0.15, -0.1) is 13.2 Å². The van der Waals surface area contributed by atoms with Gasteiger partial charge < -0.3 is 29.9 Å². The summed E-state index contributed by atoms with van der Waals surface area (Å²) in [5.74, 6) is -2.89. The predicted octanol–water partition coefficient (Wildman–Crippen LogP) is 4.77. The number of esters is 1. The van der Waals surface area contributed by atoms with Crippen molar-refractivity contribution in [2.45, 2.75) is 109 Å². The molecule has 0 aromatic rings. The van der Waals surface area contributed by atoms with Crippen molar-refractivity contribution < 1.29 is 34.7 Å². The largest absolute Gasteiger partial charge is 0.459 e. The van der Waals surface area contributed by atoms with Crippen LogP contribution in [0.4, 0.5) is 0 Å². The van der Waals surface area contributed by atoms with Crippen LogP contribution in [-0.4, -0.2) is 62.2 Å². The highest BCUT2D eigenvalue weighted by Gasteiger charge is 2.49. The molecule has 1 fully saturated rings. The van der Waals surface area contributed by atoms with Crippen LogP contribution in [0.3, 0.4) is 0 Å². The summed E-state index contributed by atoms with van der Waals surface area (Å²) in [4.78, 5) is 12.7. The summed E-state index contributed by atoms with van der Waals surface area (Å²) < 4.78 is 11.7. The minimum absolute atomic E-state index is 0.113. The molecule has 9 atom stereocenters. The van der Waals surface area contributed by atoms with E-state index in [1.807, 2.05) is 13.8 Å². The molecular formula is C31H50O7. The molecule has 0 amide bonds. The van der Waals surface area contributed by atoms with Crippen LogP contribution in [0.5, 0.6) is 0 Å². The Kier molecular flexibility index (Phi) is 13.4. The second-order valence-corrected chi connectivity index (χ2v) is 11.3. The summed E-state index contributed by atoms with van der Waals surface area (Å²) in [5, 5.41) is 42.4. The second-order valence-electron chi connectivity index (χ2n) is 11.3.